The number of rotatable bonds is 4. The number of hydrogen-bond donors (Lipinski definition) is 1. The number of amides is 1. The van der Waals surface area contributed by atoms with Crippen molar-refractivity contribution in [1.29, 1.82) is 5.26 Å². The molecule has 0 aliphatic heterocycles. The molecule has 0 aliphatic rings. The number of aryl methyl sites for hydroxylation is 3. The number of nitriles is 1. The Morgan fingerprint density at radius 2 is 2.19 bits per heavy atom. The lowest BCUT2D eigenvalue weighted by molar-refractivity contribution is -0.118. The highest BCUT2D eigenvalue weighted by molar-refractivity contribution is 5.92. The Morgan fingerprint density at radius 3 is 2.86 bits per heavy atom. The summed E-state index contributed by atoms with van der Waals surface area (Å²) in [6.07, 6.45) is 1.40. The second-order valence-corrected chi connectivity index (χ2v) is 4.73. The Balaban J connectivity index is 1.98. The summed E-state index contributed by atoms with van der Waals surface area (Å²) in [6.45, 7) is 3.87. The highest BCUT2D eigenvalue weighted by Gasteiger charge is 2.12. The summed E-state index contributed by atoms with van der Waals surface area (Å²) in [6, 6.07) is 7.61. The van der Waals surface area contributed by atoms with E-state index >= 15 is 0 Å². The molecular formula is C15H16N4O2. The van der Waals surface area contributed by atoms with Crippen LogP contribution in [-0.2, 0) is 11.8 Å². The lowest BCUT2D eigenvalue weighted by Gasteiger charge is -2.09. The van der Waals surface area contributed by atoms with Gasteiger partial charge in [0, 0.05) is 7.05 Å². The fraction of sp³-hybridized carbons (Fsp3) is 0.267. The normalized spacial score (nSPS) is 10.0. The molecule has 0 spiro atoms. The molecule has 0 radical (unpaired) electrons. The molecule has 0 saturated carbocycles. The smallest absolute Gasteiger partial charge is 0.263 e. The van der Waals surface area contributed by atoms with Gasteiger partial charge in [-0.05, 0) is 37.1 Å². The molecule has 6 heteroatoms. The van der Waals surface area contributed by atoms with Crippen molar-refractivity contribution in [3.05, 3.63) is 41.1 Å². The van der Waals surface area contributed by atoms with Crippen molar-refractivity contribution in [2.45, 2.75) is 13.8 Å². The first-order valence-corrected chi connectivity index (χ1v) is 6.43. The van der Waals surface area contributed by atoms with Crippen LogP contribution in [0.1, 0.15) is 16.7 Å². The number of benzene rings is 1. The van der Waals surface area contributed by atoms with Gasteiger partial charge in [0.25, 0.3) is 5.91 Å². The lowest BCUT2D eigenvalue weighted by atomic mass is 10.1. The van der Waals surface area contributed by atoms with Gasteiger partial charge in [-0.2, -0.15) is 10.4 Å². The van der Waals surface area contributed by atoms with Gasteiger partial charge in [0.05, 0.1) is 6.20 Å². The molecule has 1 amide bonds. The molecule has 21 heavy (non-hydrogen) atoms. The standard InChI is InChI=1S/C15H16N4O2/c1-10-4-5-13(6-11(10)2)21-9-14(20)18-15-12(7-16)8-17-19(15)3/h4-6,8H,9H2,1-3H3,(H,18,20). The second kappa shape index (κ2) is 6.09. The molecule has 0 saturated heterocycles. The van der Waals surface area contributed by atoms with Gasteiger partial charge in [-0.3, -0.25) is 9.48 Å². The predicted molar refractivity (Wildman–Crippen MR) is 78.0 cm³/mol. The van der Waals surface area contributed by atoms with Crippen molar-refractivity contribution in [3.8, 4) is 11.8 Å². The predicted octanol–water partition coefficient (Wildman–Crippen LogP) is 1.93. The molecule has 1 aromatic heterocycles. The number of nitrogens with one attached hydrogen (secondary N) is 1. The maximum absolute atomic E-state index is 11.9. The molecule has 1 heterocycles. The van der Waals surface area contributed by atoms with Gasteiger partial charge in [-0.15, -0.1) is 0 Å². The van der Waals surface area contributed by atoms with Gasteiger partial charge in [-0.1, -0.05) is 6.07 Å². The largest absolute Gasteiger partial charge is 0.484 e. The first-order chi connectivity index (χ1) is 10.0. The van der Waals surface area contributed by atoms with Crippen molar-refractivity contribution in [3.63, 3.8) is 0 Å². The number of aromatic nitrogens is 2. The molecule has 0 aliphatic carbocycles. The summed E-state index contributed by atoms with van der Waals surface area (Å²) in [7, 11) is 1.65. The molecule has 6 nitrogen and oxygen atoms in total. The zero-order valence-corrected chi connectivity index (χ0v) is 12.2. The van der Waals surface area contributed by atoms with E-state index in [2.05, 4.69) is 10.4 Å². The highest BCUT2D eigenvalue weighted by Crippen LogP contribution is 2.17. The van der Waals surface area contributed by atoms with Crippen LogP contribution in [0.2, 0.25) is 0 Å². The Bertz CT molecular complexity index is 713. The van der Waals surface area contributed by atoms with Gasteiger partial charge in [0.1, 0.15) is 23.2 Å². The van der Waals surface area contributed by atoms with Crippen LogP contribution in [0.4, 0.5) is 5.82 Å². The van der Waals surface area contributed by atoms with Crippen molar-refractivity contribution in [2.75, 3.05) is 11.9 Å². The van der Waals surface area contributed by atoms with Crippen LogP contribution in [0.3, 0.4) is 0 Å². The maximum Gasteiger partial charge on any atom is 0.263 e. The van der Waals surface area contributed by atoms with Gasteiger partial charge in [0.2, 0.25) is 0 Å². The molecule has 2 rings (SSSR count). The number of hydrogen-bond acceptors (Lipinski definition) is 4. The fourth-order valence-electron chi connectivity index (χ4n) is 1.79. The number of ether oxygens (including phenoxy) is 1. The van der Waals surface area contributed by atoms with Crippen LogP contribution < -0.4 is 10.1 Å². The van der Waals surface area contributed by atoms with Crippen LogP contribution >= 0.6 is 0 Å². The SMILES string of the molecule is Cc1ccc(OCC(=O)Nc2c(C#N)cnn2C)cc1C. The molecule has 1 N–H and O–H groups in total. The lowest BCUT2D eigenvalue weighted by Crippen LogP contribution is -2.22. The number of carbonyl (C=O) groups is 1. The molecule has 0 atom stereocenters. The van der Waals surface area contributed by atoms with Crippen LogP contribution in [0.15, 0.2) is 24.4 Å². The van der Waals surface area contributed by atoms with Crippen molar-refractivity contribution in [1.82, 2.24) is 9.78 Å². The minimum atomic E-state index is -0.340. The van der Waals surface area contributed by atoms with E-state index in [0.29, 0.717) is 17.1 Å². The molecule has 0 bridgehead atoms. The molecule has 1 aromatic carbocycles. The van der Waals surface area contributed by atoms with Crippen molar-refractivity contribution in [2.24, 2.45) is 7.05 Å². The van der Waals surface area contributed by atoms with Gasteiger partial charge in [0.15, 0.2) is 6.61 Å². The summed E-state index contributed by atoms with van der Waals surface area (Å²) >= 11 is 0. The van der Waals surface area contributed by atoms with E-state index in [9.17, 15) is 4.79 Å². The summed E-state index contributed by atoms with van der Waals surface area (Å²) in [5, 5.41) is 15.5. The molecular weight excluding hydrogens is 268 g/mol. The van der Waals surface area contributed by atoms with Crippen molar-refractivity contribution >= 4 is 11.7 Å². The minimum absolute atomic E-state index is 0.126. The maximum atomic E-state index is 11.9. The minimum Gasteiger partial charge on any atom is -0.484 e. The molecule has 0 fully saturated rings. The Morgan fingerprint density at radius 1 is 1.43 bits per heavy atom. The van der Waals surface area contributed by atoms with E-state index in [1.54, 1.807) is 7.05 Å². The number of anilines is 1. The number of nitrogens with zero attached hydrogens (tertiary/aromatic N) is 3. The molecule has 2 aromatic rings. The Labute approximate surface area is 123 Å². The Hall–Kier alpha value is -2.81. The van der Waals surface area contributed by atoms with E-state index < -0.39 is 0 Å². The summed E-state index contributed by atoms with van der Waals surface area (Å²) in [5.74, 6) is 0.665. The first-order valence-electron chi connectivity index (χ1n) is 6.43. The zero-order chi connectivity index (χ0) is 15.4. The second-order valence-electron chi connectivity index (χ2n) is 4.73. The fourth-order valence-corrected chi connectivity index (χ4v) is 1.79. The zero-order valence-electron chi connectivity index (χ0n) is 12.2. The third-order valence-electron chi connectivity index (χ3n) is 3.17. The van der Waals surface area contributed by atoms with Crippen LogP contribution in [-0.4, -0.2) is 22.3 Å². The van der Waals surface area contributed by atoms with Gasteiger partial charge >= 0.3 is 0 Å². The van der Waals surface area contributed by atoms with Crippen molar-refractivity contribution < 1.29 is 9.53 Å². The monoisotopic (exact) mass is 284 g/mol. The summed E-state index contributed by atoms with van der Waals surface area (Å²) in [4.78, 5) is 11.9. The van der Waals surface area contributed by atoms with Crippen LogP contribution in [0, 0.1) is 25.2 Å². The van der Waals surface area contributed by atoms with Gasteiger partial charge in [-0.25, -0.2) is 0 Å². The highest BCUT2D eigenvalue weighted by atomic mass is 16.5. The molecule has 0 unspecified atom stereocenters. The van der Waals surface area contributed by atoms with Crippen LogP contribution in [0.25, 0.3) is 0 Å². The molecule has 108 valence electrons. The van der Waals surface area contributed by atoms with E-state index in [-0.39, 0.29) is 12.5 Å². The first kappa shape index (κ1) is 14.6. The third kappa shape index (κ3) is 3.39. The Kier molecular flexibility index (Phi) is 4.24. The number of carbonyl (C=O) groups excluding carboxylic acids is 1. The summed E-state index contributed by atoms with van der Waals surface area (Å²) < 4.78 is 6.88. The van der Waals surface area contributed by atoms with Crippen LogP contribution in [0.5, 0.6) is 5.75 Å². The van der Waals surface area contributed by atoms with Gasteiger partial charge < -0.3 is 10.1 Å². The average molecular weight is 284 g/mol. The third-order valence-corrected chi connectivity index (χ3v) is 3.17. The van der Waals surface area contributed by atoms with E-state index in [4.69, 9.17) is 10.00 Å². The quantitative estimate of drug-likeness (QED) is 0.930. The van der Waals surface area contributed by atoms with E-state index in [1.807, 2.05) is 38.1 Å². The average Bonchev–Trinajstić information content (AvgIpc) is 2.81. The topological polar surface area (TPSA) is 79.9 Å². The van der Waals surface area contributed by atoms with E-state index in [0.717, 1.165) is 5.56 Å². The van der Waals surface area contributed by atoms with E-state index in [1.165, 1.54) is 16.4 Å². The summed E-state index contributed by atoms with van der Waals surface area (Å²) in [5.41, 5.74) is 2.59.